The number of likely N-dealkylation sites (tertiary alicyclic amines) is 1. The van der Waals surface area contributed by atoms with Crippen LogP contribution in [0.5, 0.6) is 0 Å². The van der Waals surface area contributed by atoms with Crippen molar-refractivity contribution in [2.75, 3.05) is 12.3 Å². The first-order valence-electron chi connectivity index (χ1n) is 9.70. The molecule has 1 saturated heterocycles. The average molecular weight is 447 g/mol. The van der Waals surface area contributed by atoms with Crippen LogP contribution in [0.15, 0.2) is 0 Å². The summed E-state index contributed by atoms with van der Waals surface area (Å²) in [6, 6.07) is -4.47. The Morgan fingerprint density at radius 3 is 2.27 bits per heavy atom. The number of aliphatic carboxylic acids is 2. The second kappa shape index (κ2) is 11.7. The van der Waals surface area contributed by atoms with E-state index in [1.807, 2.05) is 13.8 Å². The van der Waals surface area contributed by atoms with Crippen LogP contribution >= 0.6 is 12.6 Å². The number of carboxylic acid groups (broad SMARTS) is 2. The van der Waals surface area contributed by atoms with Crippen LogP contribution in [-0.4, -0.2) is 81.2 Å². The summed E-state index contributed by atoms with van der Waals surface area (Å²) >= 11 is 3.90. The monoisotopic (exact) mass is 446 g/mol. The van der Waals surface area contributed by atoms with E-state index in [1.54, 1.807) is 0 Å². The van der Waals surface area contributed by atoms with Gasteiger partial charge in [-0.25, -0.2) is 4.79 Å². The Bertz CT molecular complexity index is 673. The molecule has 0 aromatic heterocycles. The second-order valence-electron chi connectivity index (χ2n) is 7.67. The lowest BCUT2D eigenvalue weighted by molar-refractivity contribution is -0.147. The zero-order chi connectivity index (χ0) is 23.0. The highest BCUT2D eigenvalue weighted by molar-refractivity contribution is 7.80. The molecule has 3 amide bonds. The maximum Gasteiger partial charge on any atom is 0.326 e. The van der Waals surface area contributed by atoms with E-state index in [0.717, 1.165) is 0 Å². The van der Waals surface area contributed by atoms with E-state index in [4.69, 9.17) is 10.8 Å². The molecule has 30 heavy (non-hydrogen) atoms. The maximum absolute atomic E-state index is 12.9. The first kappa shape index (κ1) is 25.7. The molecule has 0 aromatic rings. The second-order valence-corrected chi connectivity index (χ2v) is 8.03. The molecule has 1 fully saturated rings. The standard InChI is InChI=1S/C18H30N4O7S/c1-9(2)6-12(18(28)29)21-16(26)13-4-3-5-22(13)17(27)11(7-14(23)24)20-15(25)10(19)8-30/h9-13,30H,3-8,19H2,1-2H3,(H,20,25)(H,21,26)(H,23,24)(H,28,29). The summed E-state index contributed by atoms with van der Waals surface area (Å²) in [5.74, 6) is -4.54. The molecule has 4 atom stereocenters. The predicted molar refractivity (Wildman–Crippen MR) is 110 cm³/mol. The molecule has 170 valence electrons. The van der Waals surface area contributed by atoms with Gasteiger partial charge in [-0.15, -0.1) is 0 Å². The van der Waals surface area contributed by atoms with Crippen LogP contribution in [-0.2, 0) is 24.0 Å². The van der Waals surface area contributed by atoms with Gasteiger partial charge in [0.25, 0.3) is 0 Å². The normalized spacial score (nSPS) is 19.1. The van der Waals surface area contributed by atoms with Crippen LogP contribution in [0, 0.1) is 5.92 Å². The van der Waals surface area contributed by atoms with Crippen molar-refractivity contribution in [3.8, 4) is 0 Å². The number of nitrogens with zero attached hydrogens (tertiary/aromatic N) is 1. The van der Waals surface area contributed by atoms with Gasteiger partial charge in [-0.2, -0.15) is 12.6 Å². The summed E-state index contributed by atoms with van der Waals surface area (Å²) in [5.41, 5.74) is 5.57. The fourth-order valence-corrected chi connectivity index (χ4v) is 3.37. The Kier molecular flexibility index (Phi) is 10.1. The van der Waals surface area contributed by atoms with Crippen LogP contribution in [0.1, 0.15) is 39.5 Å². The lowest BCUT2D eigenvalue weighted by Crippen LogP contribution is -2.57. The quantitative estimate of drug-likeness (QED) is 0.214. The van der Waals surface area contributed by atoms with Gasteiger partial charge in [0.1, 0.15) is 18.1 Å². The molecule has 1 aliphatic heterocycles. The average Bonchev–Trinajstić information content (AvgIpc) is 3.14. The molecule has 11 nitrogen and oxygen atoms in total. The SMILES string of the molecule is CC(C)CC(NC(=O)C1CCCN1C(=O)C(CC(=O)O)NC(=O)C(N)CS)C(=O)O. The van der Waals surface area contributed by atoms with Gasteiger partial charge in [-0.3, -0.25) is 19.2 Å². The number of carboxylic acids is 2. The number of carbonyl (C=O) groups is 5. The summed E-state index contributed by atoms with van der Waals surface area (Å²) in [6.07, 6.45) is 0.325. The lowest BCUT2D eigenvalue weighted by Gasteiger charge is -2.29. The smallest absolute Gasteiger partial charge is 0.326 e. The number of amides is 3. The van der Waals surface area contributed by atoms with Crippen LogP contribution in [0.2, 0.25) is 0 Å². The molecular formula is C18H30N4O7S. The van der Waals surface area contributed by atoms with E-state index in [0.29, 0.717) is 12.8 Å². The molecular weight excluding hydrogens is 416 g/mol. The van der Waals surface area contributed by atoms with E-state index >= 15 is 0 Å². The van der Waals surface area contributed by atoms with E-state index in [2.05, 4.69) is 23.3 Å². The van der Waals surface area contributed by atoms with E-state index < -0.39 is 60.2 Å². The summed E-state index contributed by atoms with van der Waals surface area (Å²) in [6.45, 7) is 3.83. The van der Waals surface area contributed by atoms with Crippen molar-refractivity contribution in [3.63, 3.8) is 0 Å². The summed E-state index contributed by atoms with van der Waals surface area (Å²) in [5, 5.41) is 23.2. The minimum atomic E-state index is -1.40. The summed E-state index contributed by atoms with van der Waals surface area (Å²) < 4.78 is 0. The third-order valence-electron chi connectivity index (χ3n) is 4.69. The first-order valence-corrected chi connectivity index (χ1v) is 10.3. The molecule has 1 heterocycles. The molecule has 4 unspecified atom stereocenters. The number of rotatable bonds is 11. The molecule has 0 bridgehead atoms. The fourth-order valence-electron chi connectivity index (χ4n) is 3.20. The van der Waals surface area contributed by atoms with Crippen molar-refractivity contribution in [1.82, 2.24) is 15.5 Å². The van der Waals surface area contributed by atoms with Crippen molar-refractivity contribution in [3.05, 3.63) is 0 Å². The number of carbonyl (C=O) groups excluding carboxylic acids is 3. The van der Waals surface area contributed by atoms with Crippen molar-refractivity contribution < 1.29 is 34.2 Å². The highest BCUT2D eigenvalue weighted by Crippen LogP contribution is 2.20. The Balaban J connectivity index is 2.95. The van der Waals surface area contributed by atoms with E-state index in [1.165, 1.54) is 4.90 Å². The number of nitrogens with two attached hydrogens (primary N) is 1. The minimum Gasteiger partial charge on any atom is -0.481 e. The topological polar surface area (TPSA) is 179 Å². The molecule has 6 N–H and O–H groups in total. The molecule has 0 aliphatic carbocycles. The number of nitrogens with one attached hydrogen (secondary N) is 2. The van der Waals surface area contributed by atoms with Crippen molar-refractivity contribution in [2.24, 2.45) is 11.7 Å². The lowest BCUT2D eigenvalue weighted by atomic mass is 10.0. The Hall–Kier alpha value is -2.34. The summed E-state index contributed by atoms with van der Waals surface area (Å²) in [4.78, 5) is 61.4. The van der Waals surface area contributed by atoms with Crippen molar-refractivity contribution in [2.45, 2.75) is 63.7 Å². The highest BCUT2D eigenvalue weighted by atomic mass is 32.1. The van der Waals surface area contributed by atoms with Crippen molar-refractivity contribution in [1.29, 1.82) is 0 Å². The molecule has 0 saturated carbocycles. The van der Waals surface area contributed by atoms with Gasteiger partial charge < -0.3 is 31.5 Å². The van der Waals surface area contributed by atoms with Gasteiger partial charge in [0, 0.05) is 12.3 Å². The van der Waals surface area contributed by atoms with Crippen LogP contribution in [0.4, 0.5) is 0 Å². The van der Waals surface area contributed by atoms with Gasteiger partial charge in [0.2, 0.25) is 17.7 Å². The largest absolute Gasteiger partial charge is 0.481 e. The predicted octanol–water partition coefficient (Wildman–Crippen LogP) is -1.19. The fraction of sp³-hybridized carbons (Fsp3) is 0.722. The Labute approximate surface area is 180 Å². The third kappa shape index (κ3) is 7.48. The van der Waals surface area contributed by atoms with Crippen LogP contribution in [0.25, 0.3) is 0 Å². The first-order chi connectivity index (χ1) is 14.0. The van der Waals surface area contributed by atoms with Crippen molar-refractivity contribution >= 4 is 42.3 Å². The molecule has 0 aromatic carbocycles. The molecule has 0 radical (unpaired) electrons. The van der Waals surface area contributed by atoms with Crippen LogP contribution < -0.4 is 16.4 Å². The minimum absolute atomic E-state index is 0.000981. The van der Waals surface area contributed by atoms with Crippen LogP contribution in [0.3, 0.4) is 0 Å². The van der Waals surface area contributed by atoms with Gasteiger partial charge in [-0.05, 0) is 25.2 Å². The van der Waals surface area contributed by atoms with Gasteiger partial charge in [0.05, 0.1) is 12.5 Å². The maximum atomic E-state index is 12.9. The van der Waals surface area contributed by atoms with Gasteiger partial charge >= 0.3 is 11.9 Å². The Morgan fingerprint density at radius 2 is 1.77 bits per heavy atom. The highest BCUT2D eigenvalue weighted by Gasteiger charge is 2.39. The number of hydrogen-bond acceptors (Lipinski definition) is 7. The van der Waals surface area contributed by atoms with E-state index in [9.17, 15) is 29.1 Å². The Morgan fingerprint density at radius 1 is 1.13 bits per heavy atom. The molecule has 0 spiro atoms. The van der Waals surface area contributed by atoms with E-state index in [-0.39, 0.29) is 24.6 Å². The third-order valence-corrected chi connectivity index (χ3v) is 5.08. The zero-order valence-electron chi connectivity index (χ0n) is 17.0. The number of hydrogen-bond donors (Lipinski definition) is 6. The summed E-state index contributed by atoms with van der Waals surface area (Å²) in [7, 11) is 0. The van der Waals surface area contributed by atoms with Gasteiger partial charge in [0.15, 0.2) is 0 Å². The van der Waals surface area contributed by atoms with Gasteiger partial charge in [-0.1, -0.05) is 13.8 Å². The zero-order valence-corrected chi connectivity index (χ0v) is 17.9. The molecule has 1 aliphatic rings. The molecule has 1 rings (SSSR count). The number of thiol groups is 1. The molecule has 12 heteroatoms.